The molecule has 1 saturated heterocycles. The molecule has 0 aliphatic carbocycles. The van der Waals surface area contributed by atoms with E-state index in [1.807, 2.05) is 25.2 Å². The predicted octanol–water partition coefficient (Wildman–Crippen LogP) is 2.86. The first kappa shape index (κ1) is 29.1. The van der Waals surface area contributed by atoms with E-state index in [1.54, 1.807) is 32.9 Å². The van der Waals surface area contributed by atoms with Crippen molar-refractivity contribution in [3.8, 4) is 16.9 Å². The number of nitrogens with one attached hydrogen (secondary N) is 1. The molecule has 2 aromatic carbocycles. The number of ether oxygens (including phenoxy) is 3. The third-order valence-electron chi connectivity index (χ3n) is 6.75. The van der Waals surface area contributed by atoms with E-state index in [9.17, 15) is 14.4 Å². The Morgan fingerprint density at radius 1 is 1.12 bits per heavy atom. The Hall–Kier alpha value is -3.86. The zero-order chi connectivity index (χ0) is 29.0. The molecule has 0 spiro atoms. The first-order valence-electron chi connectivity index (χ1n) is 13.4. The smallest absolute Gasteiger partial charge is 0.410 e. The summed E-state index contributed by atoms with van der Waals surface area (Å²) in [6.07, 6.45) is -1.21. The van der Waals surface area contributed by atoms with Crippen LogP contribution in [0.5, 0.6) is 5.75 Å². The van der Waals surface area contributed by atoms with Gasteiger partial charge in [-0.05, 0) is 62.1 Å². The number of rotatable bonds is 6. The van der Waals surface area contributed by atoms with Gasteiger partial charge in [0.2, 0.25) is 5.91 Å². The number of anilines is 1. The highest BCUT2D eigenvalue weighted by Crippen LogP contribution is 2.35. The predicted molar refractivity (Wildman–Crippen MR) is 148 cm³/mol. The quantitative estimate of drug-likeness (QED) is 0.561. The maximum atomic E-state index is 15.2. The van der Waals surface area contributed by atoms with Crippen LogP contribution in [0.1, 0.15) is 32.8 Å². The van der Waals surface area contributed by atoms with Crippen molar-refractivity contribution in [2.24, 2.45) is 5.73 Å². The number of carbonyl (C=O) groups excluding carboxylic acids is 3. The molecular formula is C29H37FN4O6. The van der Waals surface area contributed by atoms with Crippen LogP contribution in [0.25, 0.3) is 11.1 Å². The Bertz CT molecular complexity index is 1260. The number of nitrogens with two attached hydrogens (primary N) is 1. The van der Waals surface area contributed by atoms with Gasteiger partial charge in [0.25, 0.3) is 5.91 Å². The number of carbonyl (C=O) groups is 3. The van der Waals surface area contributed by atoms with Gasteiger partial charge < -0.3 is 35.1 Å². The molecular weight excluding hydrogens is 519 g/mol. The molecule has 4 rings (SSSR count). The summed E-state index contributed by atoms with van der Waals surface area (Å²) in [5, 5.41) is 2.58. The fourth-order valence-corrected chi connectivity index (χ4v) is 4.61. The highest BCUT2D eigenvalue weighted by molar-refractivity contribution is 5.89. The van der Waals surface area contributed by atoms with Crippen molar-refractivity contribution in [1.29, 1.82) is 0 Å². The van der Waals surface area contributed by atoms with E-state index in [2.05, 4.69) is 10.2 Å². The number of primary amides is 1. The van der Waals surface area contributed by atoms with E-state index in [1.165, 1.54) is 11.0 Å². The minimum Gasteiger partial charge on any atom is -0.490 e. The summed E-state index contributed by atoms with van der Waals surface area (Å²) in [5.74, 6) is -1.17. The maximum absolute atomic E-state index is 15.2. The number of hydrogen-bond donors (Lipinski definition) is 2. The second-order valence-corrected chi connectivity index (χ2v) is 11.1. The molecule has 216 valence electrons. The summed E-state index contributed by atoms with van der Waals surface area (Å²) < 4.78 is 32.0. The Kier molecular flexibility index (Phi) is 8.82. The number of fused-ring (bicyclic) bond motifs is 1. The summed E-state index contributed by atoms with van der Waals surface area (Å²) in [7, 11) is 1.97. The largest absolute Gasteiger partial charge is 0.490 e. The van der Waals surface area contributed by atoms with E-state index in [4.69, 9.17) is 19.9 Å². The fraction of sp³-hybridized carbons (Fsp3) is 0.483. The number of halogens is 1. The molecule has 0 saturated carbocycles. The molecule has 0 aromatic heterocycles. The van der Waals surface area contributed by atoms with Crippen LogP contribution in [-0.4, -0.2) is 80.5 Å². The van der Waals surface area contributed by atoms with Gasteiger partial charge in [0.15, 0.2) is 6.10 Å². The maximum Gasteiger partial charge on any atom is 0.410 e. The van der Waals surface area contributed by atoms with Gasteiger partial charge in [-0.15, -0.1) is 0 Å². The van der Waals surface area contributed by atoms with Gasteiger partial charge >= 0.3 is 6.09 Å². The molecule has 11 heteroatoms. The number of nitrogens with zero attached hydrogens (tertiary/aromatic N) is 2. The monoisotopic (exact) mass is 556 g/mol. The minimum absolute atomic E-state index is 0.0453. The van der Waals surface area contributed by atoms with Crippen molar-refractivity contribution in [3.63, 3.8) is 0 Å². The lowest BCUT2D eigenvalue weighted by Crippen LogP contribution is -2.52. The zero-order valence-corrected chi connectivity index (χ0v) is 23.4. The summed E-state index contributed by atoms with van der Waals surface area (Å²) in [6.45, 7) is 7.21. The van der Waals surface area contributed by atoms with Crippen molar-refractivity contribution in [3.05, 3.63) is 47.8 Å². The Morgan fingerprint density at radius 3 is 2.55 bits per heavy atom. The van der Waals surface area contributed by atoms with Crippen LogP contribution in [0, 0.1) is 5.82 Å². The van der Waals surface area contributed by atoms with E-state index in [0.717, 1.165) is 23.5 Å². The molecule has 2 heterocycles. The van der Waals surface area contributed by atoms with Crippen molar-refractivity contribution in [2.45, 2.75) is 51.4 Å². The topological polar surface area (TPSA) is 123 Å². The van der Waals surface area contributed by atoms with Crippen LogP contribution in [0.15, 0.2) is 36.4 Å². The summed E-state index contributed by atoms with van der Waals surface area (Å²) in [5.41, 5.74) is 7.51. The van der Waals surface area contributed by atoms with Gasteiger partial charge in [-0.25, -0.2) is 9.18 Å². The Labute approximate surface area is 233 Å². The zero-order valence-electron chi connectivity index (χ0n) is 23.4. The molecule has 0 bridgehead atoms. The Morgan fingerprint density at radius 2 is 1.85 bits per heavy atom. The first-order valence-corrected chi connectivity index (χ1v) is 13.4. The molecule has 10 nitrogen and oxygen atoms in total. The molecule has 3 N–H and O–H groups in total. The van der Waals surface area contributed by atoms with Crippen LogP contribution >= 0.6 is 0 Å². The fourth-order valence-electron chi connectivity index (χ4n) is 4.61. The van der Waals surface area contributed by atoms with E-state index >= 15 is 4.39 Å². The molecule has 2 aromatic rings. The van der Waals surface area contributed by atoms with Gasteiger partial charge in [0.05, 0.1) is 18.8 Å². The van der Waals surface area contributed by atoms with Gasteiger partial charge in [0, 0.05) is 26.6 Å². The van der Waals surface area contributed by atoms with Gasteiger partial charge in [-0.1, -0.05) is 18.2 Å². The Balaban J connectivity index is 1.44. The third kappa shape index (κ3) is 7.20. The minimum atomic E-state index is -1.18. The summed E-state index contributed by atoms with van der Waals surface area (Å²) in [6, 6.07) is 9.24. The normalized spacial score (nSPS) is 18.2. The van der Waals surface area contributed by atoms with Crippen LogP contribution in [0.3, 0.4) is 0 Å². The van der Waals surface area contributed by atoms with E-state index in [0.29, 0.717) is 25.1 Å². The third-order valence-corrected chi connectivity index (χ3v) is 6.75. The molecule has 2 aliphatic rings. The van der Waals surface area contributed by atoms with Crippen LogP contribution in [0.2, 0.25) is 0 Å². The highest BCUT2D eigenvalue weighted by atomic mass is 19.1. The standard InChI is InChI=1S/C29H37FN4O6/c1-29(2,3)40-28(37)34-10-5-12-38-25(17-34)27(36)32-22(26(31)35)15-20-7-6-18(14-21(20)30)19-8-9-24-23(16-19)33(4)11-13-39-24/h6-9,14,16,22,25H,5,10-13,15,17H2,1-4H3,(H2,31,35)(H,32,36)/t22-,25-/m0/s1. The molecule has 1 fully saturated rings. The van der Waals surface area contributed by atoms with Gasteiger partial charge in [0.1, 0.15) is 29.8 Å². The number of amides is 3. The van der Waals surface area contributed by atoms with Crippen LogP contribution in [-0.2, 0) is 25.5 Å². The summed E-state index contributed by atoms with van der Waals surface area (Å²) in [4.78, 5) is 41.3. The molecule has 2 atom stereocenters. The van der Waals surface area contributed by atoms with Crippen LogP contribution < -0.4 is 20.7 Å². The second-order valence-electron chi connectivity index (χ2n) is 11.1. The van der Waals surface area contributed by atoms with Crippen molar-refractivity contribution < 1.29 is 33.0 Å². The molecule has 2 aliphatic heterocycles. The number of hydrogen-bond acceptors (Lipinski definition) is 7. The van der Waals surface area contributed by atoms with Crippen LogP contribution in [0.4, 0.5) is 14.9 Å². The van der Waals surface area contributed by atoms with E-state index < -0.39 is 41.5 Å². The number of benzene rings is 2. The highest BCUT2D eigenvalue weighted by Gasteiger charge is 2.32. The van der Waals surface area contributed by atoms with E-state index in [-0.39, 0.29) is 25.1 Å². The number of likely N-dealkylation sites (N-methyl/N-ethyl adjacent to an activating group) is 1. The van der Waals surface area contributed by atoms with Crippen molar-refractivity contribution >= 4 is 23.6 Å². The lowest BCUT2D eigenvalue weighted by atomic mass is 9.98. The van der Waals surface area contributed by atoms with Crippen molar-refractivity contribution in [1.82, 2.24) is 10.2 Å². The second kappa shape index (κ2) is 12.1. The first-order chi connectivity index (χ1) is 18.9. The average molecular weight is 557 g/mol. The van der Waals surface area contributed by atoms with Gasteiger partial charge in [-0.2, -0.15) is 0 Å². The average Bonchev–Trinajstić information content (AvgIpc) is 3.15. The SMILES string of the molecule is CN1CCOc2ccc(-c3ccc(C[C@H](NC(=O)[C@@H]4CN(C(=O)OC(C)(C)C)CCCO4)C(N)=O)c(F)c3)cc21. The lowest BCUT2D eigenvalue weighted by molar-refractivity contribution is -0.136. The molecule has 3 amide bonds. The lowest BCUT2D eigenvalue weighted by Gasteiger charge is -2.28. The molecule has 40 heavy (non-hydrogen) atoms. The van der Waals surface area contributed by atoms with Gasteiger partial charge in [-0.3, -0.25) is 9.59 Å². The summed E-state index contributed by atoms with van der Waals surface area (Å²) >= 11 is 0. The van der Waals surface area contributed by atoms with Crippen molar-refractivity contribution in [2.75, 3.05) is 44.8 Å². The molecule has 0 unspecified atom stereocenters. The molecule has 0 radical (unpaired) electrons.